The molecule has 1 aromatic rings. The van der Waals surface area contributed by atoms with Gasteiger partial charge in [0, 0.05) is 11.0 Å². The summed E-state index contributed by atoms with van der Waals surface area (Å²) < 4.78 is 40.0. The summed E-state index contributed by atoms with van der Waals surface area (Å²) in [6, 6.07) is 1.61. The number of ether oxygens (including phenoxy) is 1. The van der Waals surface area contributed by atoms with Crippen LogP contribution in [0, 0.1) is 10.5 Å². The maximum Gasteiger partial charge on any atom is 0.574 e. The van der Waals surface area contributed by atoms with Crippen LogP contribution in [0.15, 0.2) is 6.07 Å². The summed E-state index contributed by atoms with van der Waals surface area (Å²) in [5.41, 5.74) is 1.36. The van der Waals surface area contributed by atoms with Gasteiger partial charge in [0.15, 0.2) is 0 Å². The zero-order valence-electron chi connectivity index (χ0n) is 7.53. The SMILES string of the molecule is Cc1nc(OC(F)(F)F)c(I)cc1CBr. The first-order valence-electron chi connectivity index (χ1n) is 3.81. The van der Waals surface area contributed by atoms with Crippen molar-refractivity contribution in [2.24, 2.45) is 0 Å². The van der Waals surface area contributed by atoms with Gasteiger partial charge in [0.2, 0.25) is 5.88 Å². The average molecular weight is 396 g/mol. The van der Waals surface area contributed by atoms with Crippen LogP contribution >= 0.6 is 38.5 Å². The first-order valence-corrected chi connectivity index (χ1v) is 6.01. The van der Waals surface area contributed by atoms with Crippen LogP contribution in [0.5, 0.6) is 5.88 Å². The van der Waals surface area contributed by atoms with Crippen molar-refractivity contribution in [3.8, 4) is 5.88 Å². The predicted octanol–water partition coefficient (Wildman–Crippen LogP) is 3.79. The van der Waals surface area contributed by atoms with Gasteiger partial charge in [0.05, 0.1) is 3.57 Å². The van der Waals surface area contributed by atoms with Crippen LogP contribution in [0.2, 0.25) is 0 Å². The van der Waals surface area contributed by atoms with Crippen molar-refractivity contribution in [3.63, 3.8) is 0 Å². The van der Waals surface area contributed by atoms with Crippen molar-refractivity contribution >= 4 is 38.5 Å². The van der Waals surface area contributed by atoms with Gasteiger partial charge in [0.25, 0.3) is 0 Å². The average Bonchev–Trinajstić information content (AvgIpc) is 2.08. The minimum Gasteiger partial charge on any atom is -0.387 e. The van der Waals surface area contributed by atoms with E-state index in [0.717, 1.165) is 5.56 Å². The molecule has 1 heterocycles. The molecule has 0 N–H and O–H groups in total. The number of aryl methyl sites for hydroxylation is 1. The van der Waals surface area contributed by atoms with E-state index in [0.29, 0.717) is 14.6 Å². The van der Waals surface area contributed by atoms with E-state index in [2.05, 4.69) is 25.7 Å². The van der Waals surface area contributed by atoms with E-state index < -0.39 is 12.2 Å². The highest BCUT2D eigenvalue weighted by atomic mass is 127. The molecule has 0 aliphatic rings. The zero-order valence-corrected chi connectivity index (χ0v) is 11.3. The van der Waals surface area contributed by atoms with Gasteiger partial charge in [-0.15, -0.1) is 13.2 Å². The lowest BCUT2D eigenvalue weighted by Gasteiger charge is -2.11. The molecule has 0 amide bonds. The Hall–Kier alpha value is -0.0500. The van der Waals surface area contributed by atoms with E-state index in [9.17, 15) is 13.2 Å². The minimum atomic E-state index is -4.70. The lowest BCUT2D eigenvalue weighted by Crippen LogP contribution is -2.19. The fourth-order valence-corrected chi connectivity index (χ4v) is 2.09. The highest BCUT2D eigenvalue weighted by Gasteiger charge is 2.32. The van der Waals surface area contributed by atoms with Crippen molar-refractivity contribution in [1.29, 1.82) is 0 Å². The van der Waals surface area contributed by atoms with Crippen molar-refractivity contribution in [2.45, 2.75) is 18.6 Å². The predicted molar refractivity (Wildman–Crippen MR) is 61.0 cm³/mol. The second-order valence-electron chi connectivity index (χ2n) is 2.70. The van der Waals surface area contributed by atoms with Crippen LogP contribution in [-0.2, 0) is 5.33 Å². The second-order valence-corrected chi connectivity index (χ2v) is 4.42. The van der Waals surface area contributed by atoms with Gasteiger partial charge in [0.1, 0.15) is 0 Å². The summed E-state index contributed by atoms with van der Waals surface area (Å²) in [5.74, 6) is -0.398. The van der Waals surface area contributed by atoms with E-state index in [1.54, 1.807) is 35.6 Å². The minimum absolute atomic E-state index is 0.338. The molecule has 0 bridgehead atoms. The van der Waals surface area contributed by atoms with Crippen molar-refractivity contribution < 1.29 is 17.9 Å². The lowest BCUT2D eigenvalue weighted by molar-refractivity contribution is -0.276. The molecule has 1 aromatic heterocycles. The lowest BCUT2D eigenvalue weighted by atomic mass is 10.2. The number of pyridine rings is 1. The largest absolute Gasteiger partial charge is 0.574 e. The molecular formula is C8H6BrF3INO. The van der Waals surface area contributed by atoms with Crippen LogP contribution in [0.1, 0.15) is 11.3 Å². The Morgan fingerprint density at radius 3 is 2.60 bits per heavy atom. The molecule has 0 aliphatic carbocycles. The Kier molecular flexibility index (Phi) is 4.21. The third-order valence-electron chi connectivity index (χ3n) is 1.60. The fraction of sp³-hybridized carbons (Fsp3) is 0.375. The molecule has 0 aromatic carbocycles. The summed E-state index contributed by atoms with van der Waals surface area (Å²) in [5, 5.41) is 0.550. The molecule has 0 unspecified atom stereocenters. The normalized spacial score (nSPS) is 11.6. The summed E-state index contributed by atoms with van der Waals surface area (Å²) in [6.45, 7) is 1.63. The third kappa shape index (κ3) is 3.78. The summed E-state index contributed by atoms with van der Waals surface area (Å²) in [4.78, 5) is 3.75. The molecule has 0 aliphatic heterocycles. The Bertz CT molecular complexity index is 370. The summed E-state index contributed by atoms with van der Waals surface area (Å²) in [6.07, 6.45) is -4.70. The van der Waals surface area contributed by atoms with Crippen LogP contribution in [0.4, 0.5) is 13.2 Å². The highest BCUT2D eigenvalue weighted by Crippen LogP contribution is 2.27. The standard InChI is InChI=1S/C8H6BrF3INO/c1-4-5(3-9)2-6(13)7(14-4)15-8(10,11)12/h2H,3H2,1H3. The first kappa shape index (κ1) is 13.0. The number of hydrogen-bond acceptors (Lipinski definition) is 2. The Labute approximate surface area is 106 Å². The molecule has 84 valence electrons. The molecule has 0 saturated heterocycles. The van der Waals surface area contributed by atoms with E-state index in [4.69, 9.17) is 0 Å². The van der Waals surface area contributed by atoms with E-state index in [1.165, 1.54) is 0 Å². The van der Waals surface area contributed by atoms with E-state index in [-0.39, 0.29) is 0 Å². The van der Waals surface area contributed by atoms with Crippen LogP contribution < -0.4 is 4.74 Å². The zero-order chi connectivity index (χ0) is 11.6. The van der Waals surface area contributed by atoms with Crippen LogP contribution in [-0.4, -0.2) is 11.3 Å². The third-order valence-corrected chi connectivity index (χ3v) is 2.97. The topological polar surface area (TPSA) is 22.1 Å². The van der Waals surface area contributed by atoms with Crippen LogP contribution in [0.25, 0.3) is 0 Å². The monoisotopic (exact) mass is 395 g/mol. The smallest absolute Gasteiger partial charge is 0.387 e. The maximum atomic E-state index is 12.0. The maximum absolute atomic E-state index is 12.0. The number of rotatable bonds is 2. The van der Waals surface area contributed by atoms with Crippen molar-refractivity contribution in [3.05, 3.63) is 20.9 Å². The molecule has 7 heteroatoms. The highest BCUT2D eigenvalue weighted by molar-refractivity contribution is 14.1. The number of alkyl halides is 4. The summed E-state index contributed by atoms with van der Waals surface area (Å²) >= 11 is 4.98. The van der Waals surface area contributed by atoms with Crippen molar-refractivity contribution in [1.82, 2.24) is 4.98 Å². The Morgan fingerprint density at radius 2 is 2.13 bits per heavy atom. The number of halogens is 5. The molecule has 0 atom stereocenters. The molecule has 0 spiro atoms. The first-order chi connectivity index (χ1) is 6.83. The van der Waals surface area contributed by atoms with Gasteiger partial charge in [-0.2, -0.15) is 0 Å². The second kappa shape index (κ2) is 4.86. The molecule has 0 radical (unpaired) electrons. The van der Waals surface area contributed by atoms with Gasteiger partial charge in [-0.05, 0) is 41.1 Å². The van der Waals surface area contributed by atoms with Gasteiger partial charge in [-0.25, -0.2) is 4.98 Å². The molecule has 2 nitrogen and oxygen atoms in total. The molecular weight excluding hydrogens is 390 g/mol. The number of hydrogen-bond donors (Lipinski definition) is 0. The quantitative estimate of drug-likeness (QED) is 0.561. The molecule has 15 heavy (non-hydrogen) atoms. The van der Waals surface area contributed by atoms with Gasteiger partial charge >= 0.3 is 6.36 Å². The van der Waals surface area contributed by atoms with Gasteiger partial charge in [-0.1, -0.05) is 15.9 Å². The number of aromatic nitrogens is 1. The molecule has 1 rings (SSSR count). The summed E-state index contributed by atoms with van der Waals surface area (Å²) in [7, 11) is 0. The Morgan fingerprint density at radius 1 is 1.53 bits per heavy atom. The number of nitrogens with zero attached hydrogens (tertiary/aromatic N) is 1. The fourth-order valence-electron chi connectivity index (χ4n) is 0.913. The van der Waals surface area contributed by atoms with Gasteiger partial charge < -0.3 is 4.74 Å². The van der Waals surface area contributed by atoms with E-state index in [1.807, 2.05) is 0 Å². The molecule has 0 fully saturated rings. The van der Waals surface area contributed by atoms with E-state index >= 15 is 0 Å². The Balaban J connectivity index is 3.05. The van der Waals surface area contributed by atoms with Crippen LogP contribution in [0.3, 0.4) is 0 Å². The van der Waals surface area contributed by atoms with Gasteiger partial charge in [-0.3, -0.25) is 0 Å². The van der Waals surface area contributed by atoms with Crippen molar-refractivity contribution in [2.75, 3.05) is 0 Å². The molecule has 0 saturated carbocycles.